The number of carbonyl (C=O) groups is 4. The van der Waals surface area contributed by atoms with Crippen LogP contribution in [0.1, 0.15) is 27.2 Å². The monoisotopic (exact) mass is 351 g/mol. The number of carbonyl (C=O) groups excluding carboxylic acids is 4. The van der Waals surface area contributed by atoms with Crippen LogP contribution < -0.4 is 5.32 Å². The lowest BCUT2D eigenvalue weighted by atomic mass is 9.92. The van der Waals surface area contributed by atoms with E-state index in [9.17, 15) is 19.2 Å². The van der Waals surface area contributed by atoms with Crippen LogP contribution in [0.2, 0.25) is 0 Å². The highest BCUT2D eigenvalue weighted by atomic mass is 79.9. The van der Waals surface area contributed by atoms with Gasteiger partial charge in [0, 0.05) is 6.92 Å². The van der Waals surface area contributed by atoms with Crippen molar-refractivity contribution in [2.45, 2.75) is 32.7 Å². The number of hydrogen-bond acceptors (Lipinski definition) is 6. The molecule has 0 rings (SSSR count). The lowest BCUT2D eigenvalue weighted by Crippen LogP contribution is -2.62. The molecule has 0 radical (unpaired) electrons. The van der Waals surface area contributed by atoms with Gasteiger partial charge in [-0.05, 0) is 13.8 Å². The average Bonchev–Trinajstić information content (AvgIpc) is 2.37. The van der Waals surface area contributed by atoms with Gasteiger partial charge in [0.25, 0.3) is 0 Å². The number of amides is 1. The van der Waals surface area contributed by atoms with Crippen molar-refractivity contribution >= 4 is 39.6 Å². The summed E-state index contributed by atoms with van der Waals surface area (Å²) in [6.45, 7) is 4.23. The topological polar surface area (TPSA) is 98.8 Å². The Morgan fingerprint density at radius 1 is 1.05 bits per heavy atom. The Morgan fingerprint density at radius 2 is 1.50 bits per heavy atom. The fraction of sp³-hybridized carbons (Fsp3) is 0.667. The predicted molar refractivity (Wildman–Crippen MR) is 73.2 cm³/mol. The van der Waals surface area contributed by atoms with E-state index in [-0.39, 0.29) is 18.5 Å². The Morgan fingerprint density at radius 3 is 1.80 bits per heavy atom. The summed E-state index contributed by atoms with van der Waals surface area (Å²) < 4.78 is 9.60. The van der Waals surface area contributed by atoms with Gasteiger partial charge in [-0.1, -0.05) is 15.9 Å². The standard InChI is InChI=1S/C12H18BrNO6/c1-4-19-10(17)12(14-8(3)15,6-9(16)7-13)11(18)20-5-2/h4-7H2,1-3H3,(H,14,15). The summed E-state index contributed by atoms with van der Waals surface area (Å²) in [4.78, 5) is 47.0. The maximum Gasteiger partial charge on any atom is 0.344 e. The van der Waals surface area contributed by atoms with Crippen molar-refractivity contribution in [3.05, 3.63) is 0 Å². The molecular formula is C12H18BrNO6. The first kappa shape index (κ1) is 18.6. The van der Waals surface area contributed by atoms with Crippen molar-refractivity contribution in [3.63, 3.8) is 0 Å². The predicted octanol–water partition coefficient (Wildman–Crippen LogP) is 0.342. The van der Waals surface area contributed by atoms with Crippen molar-refractivity contribution in [1.29, 1.82) is 0 Å². The largest absolute Gasteiger partial charge is 0.464 e. The SMILES string of the molecule is CCOC(=O)C(CC(=O)CBr)(NC(C)=O)C(=O)OCC. The van der Waals surface area contributed by atoms with Crippen LogP contribution >= 0.6 is 15.9 Å². The maximum atomic E-state index is 12.1. The van der Waals surface area contributed by atoms with Crippen LogP contribution in [0.5, 0.6) is 0 Å². The summed E-state index contributed by atoms with van der Waals surface area (Å²) >= 11 is 2.94. The van der Waals surface area contributed by atoms with Crippen molar-refractivity contribution in [2.24, 2.45) is 0 Å². The number of esters is 2. The van der Waals surface area contributed by atoms with Crippen LogP contribution in [0.3, 0.4) is 0 Å². The molecule has 1 amide bonds. The number of rotatable bonds is 8. The van der Waals surface area contributed by atoms with E-state index in [1.807, 2.05) is 0 Å². The molecule has 0 aliphatic carbocycles. The zero-order valence-corrected chi connectivity index (χ0v) is 13.2. The third kappa shape index (κ3) is 4.92. The molecule has 0 unspecified atom stereocenters. The summed E-state index contributed by atoms with van der Waals surface area (Å²) in [5, 5.41) is 2.14. The van der Waals surface area contributed by atoms with Crippen molar-refractivity contribution in [2.75, 3.05) is 18.5 Å². The van der Waals surface area contributed by atoms with Gasteiger partial charge in [0.15, 0.2) is 0 Å². The maximum absolute atomic E-state index is 12.1. The van der Waals surface area contributed by atoms with Gasteiger partial charge in [-0.2, -0.15) is 0 Å². The normalized spacial score (nSPS) is 10.6. The fourth-order valence-electron chi connectivity index (χ4n) is 1.53. The molecule has 0 aromatic rings. The number of ketones is 1. The van der Waals surface area contributed by atoms with Crippen molar-refractivity contribution < 1.29 is 28.7 Å². The Labute approximate surface area is 125 Å². The van der Waals surface area contributed by atoms with Gasteiger partial charge >= 0.3 is 11.9 Å². The van der Waals surface area contributed by atoms with E-state index in [1.54, 1.807) is 13.8 Å². The molecule has 0 aliphatic heterocycles. The minimum atomic E-state index is -2.14. The van der Waals surface area contributed by atoms with Gasteiger partial charge in [0.2, 0.25) is 11.4 Å². The molecule has 0 bridgehead atoms. The molecule has 0 heterocycles. The molecule has 114 valence electrons. The van der Waals surface area contributed by atoms with Crippen molar-refractivity contribution in [3.8, 4) is 0 Å². The van der Waals surface area contributed by atoms with Gasteiger partial charge in [-0.3, -0.25) is 9.59 Å². The van der Waals surface area contributed by atoms with Crippen LogP contribution in [-0.2, 0) is 28.7 Å². The molecule has 0 saturated carbocycles. The molecule has 1 N–H and O–H groups in total. The third-order valence-corrected chi connectivity index (χ3v) is 2.87. The van der Waals surface area contributed by atoms with E-state index in [1.165, 1.54) is 0 Å². The molecule has 8 heteroatoms. The molecule has 0 fully saturated rings. The zero-order valence-electron chi connectivity index (χ0n) is 11.7. The molecule has 0 aliphatic rings. The quantitative estimate of drug-likeness (QED) is 0.384. The van der Waals surface area contributed by atoms with Crippen LogP contribution in [0, 0.1) is 0 Å². The van der Waals surface area contributed by atoms with E-state index >= 15 is 0 Å². The first-order valence-electron chi connectivity index (χ1n) is 6.04. The van der Waals surface area contributed by atoms with Crippen molar-refractivity contribution in [1.82, 2.24) is 5.32 Å². The van der Waals surface area contributed by atoms with Gasteiger partial charge in [0.05, 0.1) is 25.0 Å². The smallest absolute Gasteiger partial charge is 0.344 e. The Balaban J connectivity index is 5.60. The number of hydrogen-bond donors (Lipinski definition) is 1. The fourth-order valence-corrected chi connectivity index (χ4v) is 1.72. The molecule has 0 saturated heterocycles. The Bertz CT molecular complexity index is 377. The summed E-state index contributed by atoms with van der Waals surface area (Å²) in [6, 6.07) is 0. The van der Waals surface area contributed by atoms with E-state index < -0.39 is 35.6 Å². The van der Waals surface area contributed by atoms with E-state index in [2.05, 4.69) is 21.2 Å². The van der Waals surface area contributed by atoms with Crippen LogP contribution in [0.4, 0.5) is 0 Å². The van der Waals surface area contributed by atoms with E-state index in [0.29, 0.717) is 0 Å². The van der Waals surface area contributed by atoms with Crippen LogP contribution in [0.25, 0.3) is 0 Å². The van der Waals surface area contributed by atoms with Gasteiger partial charge in [0.1, 0.15) is 5.78 Å². The first-order valence-corrected chi connectivity index (χ1v) is 7.17. The third-order valence-electron chi connectivity index (χ3n) is 2.25. The highest BCUT2D eigenvalue weighted by Gasteiger charge is 2.51. The molecule has 0 aromatic heterocycles. The number of halogens is 1. The lowest BCUT2D eigenvalue weighted by molar-refractivity contribution is -0.169. The van der Waals surface area contributed by atoms with Gasteiger partial charge in [-0.25, -0.2) is 9.59 Å². The first-order chi connectivity index (χ1) is 9.33. The van der Waals surface area contributed by atoms with E-state index in [0.717, 1.165) is 6.92 Å². The summed E-state index contributed by atoms with van der Waals surface area (Å²) in [7, 11) is 0. The minimum Gasteiger partial charge on any atom is -0.464 e. The van der Waals surface area contributed by atoms with E-state index in [4.69, 9.17) is 9.47 Å². The highest BCUT2D eigenvalue weighted by molar-refractivity contribution is 9.09. The number of Topliss-reactive ketones (excluding diaryl/α,β-unsaturated/α-hetero) is 1. The Hall–Kier alpha value is -1.44. The summed E-state index contributed by atoms with van der Waals surface area (Å²) in [5.74, 6) is -3.11. The van der Waals surface area contributed by atoms with Crippen LogP contribution in [0.15, 0.2) is 0 Å². The second-order valence-corrected chi connectivity index (χ2v) is 4.44. The summed E-state index contributed by atoms with van der Waals surface area (Å²) in [5.41, 5.74) is -2.14. The van der Waals surface area contributed by atoms with Gasteiger partial charge in [-0.15, -0.1) is 0 Å². The molecular weight excluding hydrogens is 334 g/mol. The average molecular weight is 352 g/mol. The molecule has 0 atom stereocenters. The second-order valence-electron chi connectivity index (χ2n) is 3.88. The van der Waals surface area contributed by atoms with Gasteiger partial charge < -0.3 is 14.8 Å². The minimum absolute atomic E-state index is 0.00206. The number of ether oxygens (including phenoxy) is 2. The Kier molecular flexibility index (Phi) is 8.05. The molecule has 0 spiro atoms. The molecule has 7 nitrogen and oxygen atoms in total. The molecule has 0 aromatic carbocycles. The lowest BCUT2D eigenvalue weighted by Gasteiger charge is -2.28. The molecule has 20 heavy (non-hydrogen) atoms. The number of alkyl halides is 1. The summed E-state index contributed by atoms with van der Waals surface area (Å²) in [6.07, 6.45) is -0.532. The number of nitrogens with one attached hydrogen (secondary N) is 1. The zero-order chi connectivity index (χ0) is 15.8. The second kappa shape index (κ2) is 8.68. The highest BCUT2D eigenvalue weighted by Crippen LogP contribution is 2.17. The van der Waals surface area contributed by atoms with Crippen LogP contribution in [-0.4, -0.2) is 47.7 Å².